The van der Waals surface area contributed by atoms with Gasteiger partial charge in [0, 0.05) is 0 Å². The molecule has 0 fully saturated rings. The average Bonchev–Trinajstić information content (AvgIpc) is 3.20. The van der Waals surface area contributed by atoms with E-state index in [2.05, 4.69) is 73.6 Å². The Morgan fingerprint density at radius 3 is 1.50 bits per heavy atom. The van der Waals surface area contributed by atoms with Crippen LogP contribution in [-0.4, -0.2) is 21.9 Å². The fourth-order valence-electron chi connectivity index (χ4n) is 4.66. The van der Waals surface area contributed by atoms with Crippen LogP contribution in [0.2, 0.25) is 0 Å². The second-order valence-electron chi connectivity index (χ2n) is 7.84. The van der Waals surface area contributed by atoms with E-state index in [1.165, 1.54) is 6.42 Å². The first-order valence-corrected chi connectivity index (χ1v) is 21.0. The Bertz CT molecular complexity index is 745. The summed E-state index contributed by atoms with van der Waals surface area (Å²) in [5.41, 5.74) is 8.55. The number of hydrogen-bond acceptors (Lipinski definition) is 0. The van der Waals surface area contributed by atoms with Crippen LogP contribution in [0.5, 0.6) is 0 Å². The van der Waals surface area contributed by atoms with Crippen molar-refractivity contribution >= 4 is 20.3 Å². The van der Waals surface area contributed by atoms with Gasteiger partial charge in [-0.15, -0.1) is 0 Å². The SMILES string of the molecule is CC1=C(C)C(C)[PH]([Zr+2]([C]2=CC=CC2)[PH]2=C(C)C(C)=C(C)C2C)=C1C.[Cl-].[Cl-]. The number of halogens is 2. The Morgan fingerprint density at radius 1 is 0.808 bits per heavy atom. The monoisotopic (exact) mass is 507 g/mol. The minimum Gasteiger partial charge on any atom is -1.00 e. The number of rotatable bonds is 3. The maximum absolute atomic E-state index is 2.57. The summed E-state index contributed by atoms with van der Waals surface area (Å²) in [7, 11) is 0. The Balaban J connectivity index is 0.00000169. The third-order valence-corrected chi connectivity index (χ3v) is 48.7. The molecule has 3 rings (SSSR count). The molecule has 145 valence electrons. The molecular weight excluding hydrogens is 476 g/mol. The molecule has 26 heavy (non-hydrogen) atoms. The van der Waals surface area contributed by atoms with Gasteiger partial charge in [0.25, 0.3) is 0 Å². The van der Waals surface area contributed by atoms with Crippen molar-refractivity contribution in [2.24, 2.45) is 0 Å². The van der Waals surface area contributed by atoms with Gasteiger partial charge in [-0.25, -0.2) is 0 Å². The van der Waals surface area contributed by atoms with E-state index in [4.69, 9.17) is 0 Å². The first-order valence-electron chi connectivity index (χ1n) is 9.28. The van der Waals surface area contributed by atoms with Crippen LogP contribution in [0.25, 0.3) is 0 Å². The van der Waals surface area contributed by atoms with E-state index in [1.807, 2.05) is 13.9 Å². The van der Waals surface area contributed by atoms with Crippen molar-refractivity contribution in [3.63, 3.8) is 0 Å². The van der Waals surface area contributed by atoms with Crippen molar-refractivity contribution in [2.45, 2.75) is 73.1 Å². The summed E-state index contributed by atoms with van der Waals surface area (Å²) in [5, 5.41) is 3.71. The number of hydrogen-bond donors (Lipinski definition) is 0. The standard InChI is InChI=1S/2C8H13P.C5H5.2ClH.Zr/c2*1-5-6(2)8(4)9-7(5)3;1-2-4-5-3-1;;;/h2*7H,1-4H3;1-3H,4H2;2*1H;. The molecule has 2 heterocycles. The fourth-order valence-corrected chi connectivity index (χ4v) is 59.3. The predicted octanol–water partition coefficient (Wildman–Crippen LogP) is 0.576. The minimum absolute atomic E-state index is 0. The molecule has 0 bridgehead atoms. The quantitative estimate of drug-likeness (QED) is 0.489. The summed E-state index contributed by atoms with van der Waals surface area (Å²) in [4.78, 5) is -0.703. The second-order valence-corrected chi connectivity index (χ2v) is 33.0. The van der Waals surface area contributed by atoms with Crippen LogP contribution >= 0.6 is 9.68 Å². The van der Waals surface area contributed by atoms with Gasteiger partial charge < -0.3 is 24.8 Å². The maximum atomic E-state index is 2.57. The van der Waals surface area contributed by atoms with E-state index in [0.29, 0.717) is 0 Å². The minimum atomic E-state index is -1.67. The van der Waals surface area contributed by atoms with Crippen molar-refractivity contribution in [2.75, 3.05) is 0 Å². The molecule has 3 aliphatic rings. The Morgan fingerprint density at radius 2 is 1.23 bits per heavy atom. The summed E-state index contributed by atoms with van der Waals surface area (Å²) in [6, 6.07) is 0. The molecule has 0 amide bonds. The third kappa shape index (κ3) is 4.01. The molecule has 0 aromatic rings. The van der Waals surface area contributed by atoms with Crippen molar-refractivity contribution in [1.29, 1.82) is 0 Å². The van der Waals surface area contributed by atoms with E-state index in [9.17, 15) is 0 Å². The van der Waals surface area contributed by atoms with E-state index in [1.54, 1.807) is 22.3 Å². The molecule has 1 aliphatic carbocycles. The van der Waals surface area contributed by atoms with Crippen LogP contribution in [0.1, 0.15) is 61.8 Å². The van der Waals surface area contributed by atoms with Gasteiger partial charge in [-0.2, -0.15) is 0 Å². The molecule has 0 aromatic heterocycles. The smallest absolute Gasteiger partial charge is 1.00 e. The van der Waals surface area contributed by atoms with Gasteiger partial charge in [0.1, 0.15) is 0 Å². The average molecular weight is 510 g/mol. The molecule has 0 saturated carbocycles. The topological polar surface area (TPSA) is 0 Å². The Hall–Kier alpha value is 1.02. The molecule has 4 unspecified atom stereocenters. The molecule has 5 heteroatoms. The zero-order valence-corrected chi connectivity index (χ0v) is 23.3. The van der Waals surface area contributed by atoms with Crippen LogP contribution in [0.3, 0.4) is 0 Å². The van der Waals surface area contributed by atoms with E-state index < -0.39 is 20.6 Å². The van der Waals surface area contributed by atoms with E-state index in [0.717, 1.165) is 11.3 Å². The Labute approximate surface area is 181 Å². The number of allylic oxidation sites excluding steroid dienone is 8. The second kappa shape index (κ2) is 9.68. The van der Waals surface area contributed by atoms with Crippen LogP contribution in [0.15, 0.2) is 43.8 Å². The molecule has 2 aliphatic heterocycles. The van der Waals surface area contributed by atoms with Gasteiger partial charge in [0.2, 0.25) is 0 Å². The first-order chi connectivity index (χ1) is 11.3. The molecule has 0 N–H and O–H groups in total. The molecule has 0 saturated heterocycles. The van der Waals surface area contributed by atoms with Gasteiger partial charge >= 0.3 is 158 Å². The van der Waals surface area contributed by atoms with Crippen LogP contribution in [0, 0.1) is 0 Å². The summed E-state index contributed by atoms with van der Waals surface area (Å²) in [5.74, 6) is 0. The summed E-state index contributed by atoms with van der Waals surface area (Å²) in [6.45, 7) is 19.8. The van der Waals surface area contributed by atoms with E-state index >= 15 is 0 Å². The third-order valence-electron chi connectivity index (χ3n) is 6.91. The van der Waals surface area contributed by atoms with Gasteiger partial charge in [-0.1, -0.05) is 0 Å². The van der Waals surface area contributed by atoms with Gasteiger partial charge in [0.05, 0.1) is 0 Å². The molecule has 0 radical (unpaired) electrons. The van der Waals surface area contributed by atoms with Gasteiger partial charge in [-0.3, -0.25) is 0 Å². The van der Waals surface area contributed by atoms with Crippen LogP contribution < -0.4 is 24.8 Å². The van der Waals surface area contributed by atoms with Gasteiger partial charge in [0.15, 0.2) is 0 Å². The van der Waals surface area contributed by atoms with Crippen LogP contribution in [-0.2, 0) is 20.6 Å². The summed E-state index contributed by atoms with van der Waals surface area (Å²) in [6.07, 6.45) is 8.61. The molecule has 4 atom stereocenters. The largest absolute Gasteiger partial charge is 1.00 e. The van der Waals surface area contributed by atoms with Crippen molar-refractivity contribution in [1.82, 2.24) is 0 Å². The van der Waals surface area contributed by atoms with E-state index in [-0.39, 0.29) is 34.5 Å². The summed E-state index contributed by atoms with van der Waals surface area (Å²) >= 11 is -1.67. The fraction of sp³-hybridized carbons (Fsp3) is 0.524. The molecule has 0 spiro atoms. The van der Waals surface area contributed by atoms with Crippen molar-refractivity contribution < 1.29 is 45.4 Å². The van der Waals surface area contributed by atoms with Gasteiger partial charge in [-0.05, 0) is 0 Å². The van der Waals surface area contributed by atoms with Crippen LogP contribution in [0.4, 0.5) is 0 Å². The normalized spacial score (nSPS) is 30.7. The summed E-state index contributed by atoms with van der Waals surface area (Å²) < 4.78 is 1.95. The van der Waals surface area contributed by atoms with Crippen molar-refractivity contribution in [3.05, 3.63) is 43.8 Å². The molecular formula is C21H33Cl2P2Zr. The maximum Gasteiger partial charge on any atom is -1.00 e. The molecule has 0 aromatic carbocycles. The zero-order chi connectivity index (χ0) is 17.8. The molecule has 0 nitrogen and oxygen atoms in total. The van der Waals surface area contributed by atoms with Crippen molar-refractivity contribution in [3.8, 4) is 0 Å². The Kier molecular flexibility index (Phi) is 9.33. The predicted molar refractivity (Wildman–Crippen MR) is 116 cm³/mol. The zero-order valence-electron chi connectivity index (χ0n) is 17.3. The first kappa shape index (κ1) is 25.1.